The summed E-state index contributed by atoms with van der Waals surface area (Å²) in [5.74, 6) is 0. The summed E-state index contributed by atoms with van der Waals surface area (Å²) in [6, 6.07) is 13.1. The molecule has 0 bridgehead atoms. The van der Waals surface area contributed by atoms with E-state index in [4.69, 9.17) is 0 Å². The number of aryl methyl sites for hydroxylation is 1. The molecule has 0 radical (unpaired) electrons. The standard InChI is InChI=1S/C14H15N3O/c1-11-9-13(7-8-15-11)17-14(18)16-10-12-5-3-2-4-6-12/h2-9H,10H2,1H3,(H2,15,16,17,18). The summed E-state index contributed by atoms with van der Waals surface area (Å²) in [5.41, 5.74) is 2.68. The predicted molar refractivity (Wildman–Crippen MR) is 71.3 cm³/mol. The molecule has 2 amide bonds. The van der Waals surface area contributed by atoms with Crippen LogP contribution >= 0.6 is 0 Å². The fourth-order valence-corrected chi connectivity index (χ4v) is 1.58. The van der Waals surface area contributed by atoms with E-state index in [0.29, 0.717) is 6.54 Å². The Labute approximate surface area is 106 Å². The van der Waals surface area contributed by atoms with E-state index in [2.05, 4.69) is 15.6 Å². The number of hydrogen-bond acceptors (Lipinski definition) is 2. The Morgan fingerprint density at radius 2 is 2.00 bits per heavy atom. The Kier molecular flexibility index (Phi) is 3.91. The number of anilines is 1. The number of benzene rings is 1. The Morgan fingerprint density at radius 1 is 1.22 bits per heavy atom. The van der Waals surface area contributed by atoms with Gasteiger partial charge in [0.15, 0.2) is 0 Å². The van der Waals surface area contributed by atoms with Gasteiger partial charge >= 0.3 is 6.03 Å². The van der Waals surface area contributed by atoms with Gasteiger partial charge in [0.05, 0.1) is 0 Å². The smallest absolute Gasteiger partial charge is 0.319 e. The van der Waals surface area contributed by atoms with Gasteiger partial charge in [-0.2, -0.15) is 0 Å². The maximum Gasteiger partial charge on any atom is 0.319 e. The lowest BCUT2D eigenvalue weighted by molar-refractivity contribution is 0.251. The van der Waals surface area contributed by atoms with Crippen molar-refractivity contribution >= 4 is 11.7 Å². The van der Waals surface area contributed by atoms with Gasteiger partial charge in [-0.3, -0.25) is 4.98 Å². The molecule has 0 fully saturated rings. The fourth-order valence-electron chi connectivity index (χ4n) is 1.58. The normalized spacial score (nSPS) is 9.83. The maximum absolute atomic E-state index is 11.7. The zero-order valence-corrected chi connectivity index (χ0v) is 10.2. The highest BCUT2D eigenvalue weighted by molar-refractivity contribution is 5.89. The van der Waals surface area contributed by atoms with E-state index < -0.39 is 0 Å². The van der Waals surface area contributed by atoms with Gasteiger partial charge in [0.1, 0.15) is 0 Å². The van der Waals surface area contributed by atoms with Gasteiger partial charge < -0.3 is 10.6 Å². The van der Waals surface area contributed by atoms with Crippen molar-refractivity contribution < 1.29 is 4.79 Å². The van der Waals surface area contributed by atoms with Crippen molar-refractivity contribution in [1.29, 1.82) is 0 Å². The molecular formula is C14H15N3O. The number of carbonyl (C=O) groups is 1. The van der Waals surface area contributed by atoms with E-state index in [0.717, 1.165) is 16.9 Å². The Hall–Kier alpha value is -2.36. The molecule has 0 saturated heterocycles. The molecule has 2 aromatic rings. The summed E-state index contributed by atoms with van der Waals surface area (Å²) in [4.78, 5) is 15.7. The van der Waals surface area contributed by atoms with Crippen molar-refractivity contribution in [3.8, 4) is 0 Å². The number of pyridine rings is 1. The zero-order chi connectivity index (χ0) is 12.8. The molecule has 0 saturated carbocycles. The van der Waals surface area contributed by atoms with Crippen LogP contribution in [0.3, 0.4) is 0 Å². The molecule has 0 spiro atoms. The van der Waals surface area contributed by atoms with Crippen molar-refractivity contribution in [3.63, 3.8) is 0 Å². The second-order valence-corrected chi connectivity index (χ2v) is 3.98. The third-order valence-electron chi connectivity index (χ3n) is 2.45. The van der Waals surface area contributed by atoms with Crippen LogP contribution in [0, 0.1) is 6.92 Å². The number of urea groups is 1. The zero-order valence-electron chi connectivity index (χ0n) is 10.2. The van der Waals surface area contributed by atoms with Crippen molar-refractivity contribution in [2.45, 2.75) is 13.5 Å². The fraction of sp³-hybridized carbons (Fsp3) is 0.143. The molecule has 18 heavy (non-hydrogen) atoms. The number of nitrogens with zero attached hydrogens (tertiary/aromatic N) is 1. The van der Waals surface area contributed by atoms with Gasteiger partial charge in [0.2, 0.25) is 0 Å². The Bertz CT molecular complexity index is 526. The van der Waals surface area contributed by atoms with Crippen LogP contribution in [0.15, 0.2) is 48.7 Å². The summed E-state index contributed by atoms with van der Waals surface area (Å²) in [6.45, 7) is 2.39. The van der Waals surface area contributed by atoms with E-state index in [1.54, 1.807) is 12.3 Å². The molecule has 0 aliphatic carbocycles. The molecule has 1 aromatic heterocycles. The molecule has 0 aliphatic rings. The summed E-state index contributed by atoms with van der Waals surface area (Å²) < 4.78 is 0. The van der Waals surface area contributed by atoms with Crippen molar-refractivity contribution in [2.24, 2.45) is 0 Å². The Balaban J connectivity index is 1.86. The second kappa shape index (κ2) is 5.82. The minimum atomic E-state index is -0.218. The van der Waals surface area contributed by atoms with Crippen LogP contribution in [-0.4, -0.2) is 11.0 Å². The highest BCUT2D eigenvalue weighted by atomic mass is 16.2. The third kappa shape index (κ3) is 3.59. The SMILES string of the molecule is Cc1cc(NC(=O)NCc2ccccc2)ccn1. The van der Waals surface area contributed by atoms with E-state index in [1.165, 1.54) is 0 Å². The van der Waals surface area contributed by atoms with E-state index in [1.807, 2.05) is 43.3 Å². The Morgan fingerprint density at radius 3 is 2.72 bits per heavy atom. The lowest BCUT2D eigenvalue weighted by Gasteiger charge is -2.07. The number of aromatic nitrogens is 1. The summed E-state index contributed by atoms with van der Waals surface area (Å²) >= 11 is 0. The first-order chi connectivity index (χ1) is 8.74. The van der Waals surface area contributed by atoms with Gasteiger partial charge in [0, 0.05) is 24.1 Å². The van der Waals surface area contributed by atoms with E-state index in [9.17, 15) is 4.79 Å². The molecule has 2 rings (SSSR count). The minimum absolute atomic E-state index is 0.218. The number of hydrogen-bond donors (Lipinski definition) is 2. The monoisotopic (exact) mass is 241 g/mol. The number of rotatable bonds is 3. The van der Waals surface area contributed by atoms with E-state index >= 15 is 0 Å². The summed E-state index contributed by atoms with van der Waals surface area (Å²) in [5, 5.41) is 5.56. The molecule has 92 valence electrons. The van der Waals surface area contributed by atoms with Gasteiger partial charge in [-0.15, -0.1) is 0 Å². The van der Waals surface area contributed by atoms with E-state index in [-0.39, 0.29) is 6.03 Å². The topological polar surface area (TPSA) is 54.0 Å². The van der Waals surface area contributed by atoms with Gasteiger partial charge in [-0.05, 0) is 24.6 Å². The molecule has 4 heteroatoms. The largest absolute Gasteiger partial charge is 0.334 e. The van der Waals surface area contributed by atoms with Crippen LogP contribution in [-0.2, 0) is 6.54 Å². The van der Waals surface area contributed by atoms with Crippen molar-refractivity contribution in [2.75, 3.05) is 5.32 Å². The average molecular weight is 241 g/mol. The maximum atomic E-state index is 11.7. The first-order valence-electron chi connectivity index (χ1n) is 5.75. The first-order valence-corrected chi connectivity index (χ1v) is 5.75. The molecule has 1 heterocycles. The van der Waals surface area contributed by atoms with Crippen LogP contribution < -0.4 is 10.6 Å². The average Bonchev–Trinajstić information content (AvgIpc) is 2.38. The molecule has 0 atom stereocenters. The van der Waals surface area contributed by atoms with Crippen LogP contribution in [0.25, 0.3) is 0 Å². The van der Waals surface area contributed by atoms with Crippen molar-refractivity contribution in [1.82, 2.24) is 10.3 Å². The highest BCUT2D eigenvalue weighted by Crippen LogP contribution is 2.06. The summed E-state index contributed by atoms with van der Waals surface area (Å²) in [7, 11) is 0. The highest BCUT2D eigenvalue weighted by Gasteiger charge is 2.01. The van der Waals surface area contributed by atoms with Gasteiger partial charge in [0.25, 0.3) is 0 Å². The van der Waals surface area contributed by atoms with Gasteiger partial charge in [-0.1, -0.05) is 30.3 Å². The van der Waals surface area contributed by atoms with Crippen LogP contribution in [0.4, 0.5) is 10.5 Å². The first kappa shape index (κ1) is 12.1. The number of nitrogens with one attached hydrogen (secondary N) is 2. The minimum Gasteiger partial charge on any atom is -0.334 e. The summed E-state index contributed by atoms with van der Waals surface area (Å²) in [6.07, 6.45) is 1.67. The number of carbonyl (C=O) groups excluding carboxylic acids is 1. The molecule has 0 aliphatic heterocycles. The molecule has 1 aromatic carbocycles. The predicted octanol–water partition coefficient (Wildman–Crippen LogP) is 2.71. The number of amides is 2. The van der Waals surface area contributed by atoms with Crippen molar-refractivity contribution in [3.05, 3.63) is 59.9 Å². The lowest BCUT2D eigenvalue weighted by Crippen LogP contribution is -2.28. The van der Waals surface area contributed by atoms with Crippen LogP contribution in [0.5, 0.6) is 0 Å². The third-order valence-corrected chi connectivity index (χ3v) is 2.45. The lowest BCUT2D eigenvalue weighted by atomic mass is 10.2. The second-order valence-electron chi connectivity index (χ2n) is 3.98. The van der Waals surface area contributed by atoms with Crippen LogP contribution in [0.2, 0.25) is 0 Å². The molecular weight excluding hydrogens is 226 g/mol. The molecule has 0 unspecified atom stereocenters. The quantitative estimate of drug-likeness (QED) is 0.868. The van der Waals surface area contributed by atoms with Gasteiger partial charge in [-0.25, -0.2) is 4.79 Å². The van der Waals surface area contributed by atoms with Crippen LogP contribution in [0.1, 0.15) is 11.3 Å². The molecule has 2 N–H and O–H groups in total. The molecule has 4 nitrogen and oxygen atoms in total.